The number of benzene rings is 1. The molecule has 2 aromatic rings. The Bertz CT molecular complexity index is 629. The largest absolute Gasteiger partial charge is 0.496 e. The van der Waals surface area contributed by atoms with Gasteiger partial charge >= 0.3 is 0 Å². The van der Waals surface area contributed by atoms with Crippen LogP contribution in [0.15, 0.2) is 30.6 Å². The zero-order valence-electron chi connectivity index (χ0n) is 11.7. The summed E-state index contributed by atoms with van der Waals surface area (Å²) in [6, 6.07) is 6.09. The number of nitrogens with zero attached hydrogens (tertiary/aromatic N) is 3. The van der Waals surface area contributed by atoms with Gasteiger partial charge in [-0.2, -0.15) is 5.26 Å². The summed E-state index contributed by atoms with van der Waals surface area (Å²) in [4.78, 5) is 8.19. The fourth-order valence-corrected chi connectivity index (χ4v) is 1.89. The van der Waals surface area contributed by atoms with Crippen LogP contribution in [0.1, 0.15) is 25.3 Å². The van der Waals surface area contributed by atoms with Crippen LogP contribution in [-0.2, 0) is 0 Å². The summed E-state index contributed by atoms with van der Waals surface area (Å²) in [7, 11) is 1.64. The monoisotopic (exact) mass is 268 g/mol. The van der Waals surface area contributed by atoms with Gasteiger partial charge in [0.2, 0.25) is 5.95 Å². The molecule has 0 radical (unpaired) electrons. The van der Waals surface area contributed by atoms with E-state index in [0.29, 0.717) is 5.92 Å². The van der Waals surface area contributed by atoms with Crippen molar-refractivity contribution in [2.24, 2.45) is 0 Å². The van der Waals surface area contributed by atoms with Crippen LogP contribution in [0.5, 0.6) is 5.75 Å². The molecule has 0 aliphatic heterocycles. The van der Waals surface area contributed by atoms with E-state index in [1.165, 1.54) is 5.56 Å². The number of aromatic nitrogens is 2. The molecule has 20 heavy (non-hydrogen) atoms. The first-order chi connectivity index (χ1) is 9.65. The summed E-state index contributed by atoms with van der Waals surface area (Å²) in [5.41, 5.74) is 3.02. The van der Waals surface area contributed by atoms with Gasteiger partial charge in [-0.25, -0.2) is 9.97 Å². The van der Waals surface area contributed by atoms with E-state index < -0.39 is 0 Å². The highest BCUT2D eigenvalue weighted by molar-refractivity contribution is 5.70. The molecule has 0 unspecified atom stereocenters. The second kappa shape index (κ2) is 6.02. The van der Waals surface area contributed by atoms with Crippen LogP contribution in [0, 0.1) is 11.5 Å². The Morgan fingerprint density at radius 3 is 2.50 bits per heavy atom. The number of nitriles is 1. The minimum atomic E-state index is 0.287. The fourth-order valence-electron chi connectivity index (χ4n) is 1.89. The SMILES string of the molecule is COc1ccc(C(C)C)cc1-c1cnc(NC#N)nc1. The van der Waals surface area contributed by atoms with E-state index in [4.69, 9.17) is 10.00 Å². The maximum atomic E-state index is 8.52. The van der Waals surface area contributed by atoms with Gasteiger partial charge in [0.05, 0.1) is 7.11 Å². The lowest BCUT2D eigenvalue weighted by atomic mass is 9.98. The minimum absolute atomic E-state index is 0.287. The topological polar surface area (TPSA) is 70.8 Å². The third kappa shape index (κ3) is 2.86. The summed E-state index contributed by atoms with van der Waals surface area (Å²) in [5, 5.41) is 10.9. The van der Waals surface area contributed by atoms with E-state index in [-0.39, 0.29) is 5.95 Å². The van der Waals surface area contributed by atoms with E-state index in [2.05, 4.69) is 41.3 Å². The quantitative estimate of drug-likeness (QED) is 0.681. The lowest BCUT2D eigenvalue weighted by Crippen LogP contribution is -1.97. The highest BCUT2D eigenvalue weighted by Crippen LogP contribution is 2.32. The third-order valence-corrected chi connectivity index (χ3v) is 3.02. The van der Waals surface area contributed by atoms with Crippen LogP contribution >= 0.6 is 0 Å². The second-order valence-corrected chi connectivity index (χ2v) is 4.65. The number of nitrogens with one attached hydrogen (secondary N) is 1. The molecule has 0 aliphatic rings. The lowest BCUT2D eigenvalue weighted by Gasteiger charge is -2.12. The third-order valence-electron chi connectivity index (χ3n) is 3.02. The predicted molar refractivity (Wildman–Crippen MR) is 77.3 cm³/mol. The van der Waals surface area contributed by atoms with Gasteiger partial charge in [-0.05, 0) is 23.6 Å². The van der Waals surface area contributed by atoms with Crippen LogP contribution in [0.25, 0.3) is 11.1 Å². The second-order valence-electron chi connectivity index (χ2n) is 4.65. The first kappa shape index (κ1) is 13.8. The van der Waals surface area contributed by atoms with E-state index in [0.717, 1.165) is 16.9 Å². The lowest BCUT2D eigenvalue weighted by molar-refractivity contribution is 0.416. The Morgan fingerprint density at radius 2 is 1.95 bits per heavy atom. The van der Waals surface area contributed by atoms with Crippen LogP contribution in [-0.4, -0.2) is 17.1 Å². The van der Waals surface area contributed by atoms with E-state index in [9.17, 15) is 0 Å². The van der Waals surface area contributed by atoms with Crippen molar-refractivity contribution in [2.45, 2.75) is 19.8 Å². The van der Waals surface area contributed by atoms with Gasteiger partial charge in [0.25, 0.3) is 0 Å². The Kier molecular flexibility index (Phi) is 4.16. The molecule has 5 nitrogen and oxygen atoms in total. The Morgan fingerprint density at radius 1 is 1.25 bits per heavy atom. The molecule has 5 heteroatoms. The highest BCUT2D eigenvalue weighted by atomic mass is 16.5. The smallest absolute Gasteiger partial charge is 0.236 e. The first-order valence-corrected chi connectivity index (χ1v) is 6.31. The number of hydrogen-bond acceptors (Lipinski definition) is 5. The van der Waals surface area contributed by atoms with Gasteiger partial charge in [-0.1, -0.05) is 19.9 Å². The highest BCUT2D eigenvalue weighted by Gasteiger charge is 2.10. The Balaban J connectivity index is 2.44. The van der Waals surface area contributed by atoms with Crippen LogP contribution in [0.4, 0.5) is 5.95 Å². The standard InChI is InChI=1S/C15H16N4O/c1-10(2)11-4-5-14(20-3)13(6-11)12-7-17-15(18-8-12)19-9-16/h4-8,10H,1-3H3,(H,17,18,19). The summed E-state index contributed by atoms with van der Waals surface area (Å²) in [5.74, 6) is 1.49. The van der Waals surface area contributed by atoms with Crippen molar-refractivity contribution in [3.8, 4) is 23.1 Å². The summed E-state index contributed by atoms with van der Waals surface area (Å²) in [6.45, 7) is 4.28. The molecule has 102 valence electrons. The Hall–Kier alpha value is -2.61. The summed E-state index contributed by atoms with van der Waals surface area (Å²) in [6.07, 6.45) is 5.14. The van der Waals surface area contributed by atoms with E-state index in [1.54, 1.807) is 25.7 Å². The average molecular weight is 268 g/mol. The molecule has 0 aliphatic carbocycles. The van der Waals surface area contributed by atoms with Gasteiger partial charge < -0.3 is 4.74 Å². The first-order valence-electron chi connectivity index (χ1n) is 6.31. The van der Waals surface area contributed by atoms with Crippen molar-refractivity contribution in [2.75, 3.05) is 12.4 Å². The number of rotatable bonds is 4. The zero-order chi connectivity index (χ0) is 14.5. The van der Waals surface area contributed by atoms with Crippen molar-refractivity contribution in [1.29, 1.82) is 5.26 Å². The molecule has 1 N–H and O–H groups in total. The van der Waals surface area contributed by atoms with Crippen LogP contribution in [0.3, 0.4) is 0 Å². The van der Waals surface area contributed by atoms with Crippen molar-refractivity contribution >= 4 is 5.95 Å². The van der Waals surface area contributed by atoms with Gasteiger partial charge in [-0.3, -0.25) is 5.32 Å². The molecule has 0 saturated carbocycles. The molecular formula is C15H16N4O. The summed E-state index contributed by atoms with van der Waals surface area (Å²) >= 11 is 0. The van der Waals surface area contributed by atoms with Crippen LogP contribution < -0.4 is 10.1 Å². The molecule has 1 heterocycles. The molecule has 0 amide bonds. The molecule has 1 aromatic carbocycles. The molecule has 0 atom stereocenters. The van der Waals surface area contributed by atoms with E-state index >= 15 is 0 Å². The Labute approximate surface area is 118 Å². The molecule has 2 rings (SSSR count). The fraction of sp³-hybridized carbons (Fsp3) is 0.267. The minimum Gasteiger partial charge on any atom is -0.496 e. The number of hydrogen-bond donors (Lipinski definition) is 1. The van der Waals surface area contributed by atoms with Gasteiger partial charge in [0, 0.05) is 23.5 Å². The summed E-state index contributed by atoms with van der Waals surface area (Å²) < 4.78 is 5.39. The van der Waals surface area contributed by atoms with Gasteiger partial charge in [0.1, 0.15) is 5.75 Å². The average Bonchev–Trinajstić information content (AvgIpc) is 2.47. The molecule has 0 spiro atoms. The number of anilines is 1. The van der Waals surface area contributed by atoms with Crippen molar-refractivity contribution in [1.82, 2.24) is 9.97 Å². The van der Waals surface area contributed by atoms with E-state index in [1.807, 2.05) is 6.07 Å². The maximum absolute atomic E-state index is 8.52. The van der Waals surface area contributed by atoms with Crippen molar-refractivity contribution in [3.63, 3.8) is 0 Å². The zero-order valence-corrected chi connectivity index (χ0v) is 11.7. The van der Waals surface area contributed by atoms with Crippen molar-refractivity contribution in [3.05, 3.63) is 36.2 Å². The molecule has 1 aromatic heterocycles. The number of methoxy groups -OCH3 is 1. The van der Waals surface area contributed by atoms with Gasteiger partial charge in [0.15, 0.2) is 6.19 Å². The number of ether oxygens (including phenoxy) is 1. The molecule has 0 saturated heterocycles. The maximum Gasteiger partial charge on any atom is 0.236 e. The van der Waals surface area contributed by atoms with Crippen molar-refractivity contribution < 1.29 is 4.74 Å². The predicted octanol–water partition coefficient (Wildman–Crippen LogP) is 3.17. The molecule has 0 bridgehead atoms. The van der Waals surface area contributed by atoms with Gasteiger partial charge in [-0.15, -0.1) is 0 Å². The van der Waals surface area contributed by atoms with Crippen LogP contribution in [0.2, 0.25) is 0 Å². The normalized spacial score (nSPS) is 10.2. The molecule has 0 fully saturated rings. The molecular weight excluding hydrogens is 252 g/mol.